The summed E-state index contributed by atoms with van der Waals surface area (Å²) in [6.45, 7) is 2.02. The van der Waals surface area contributed by atoms with E-state index in [0.29, 0.717) is 5.56 Å². The molecule has 1 aliphatic heterocycles. The van der Waals surface area contributed by atoms with Crippen LogP contribution < -0.4 is 10.2 Å². The van der Waals surface area contributed by atoms with Crippen molar-refractivity contribution in [3.05, 3.63) is 126 Å². The van der Waals surface area contributed by atoms with Gasteiger partial charge in [0.1, 0.15) is 0 Å². The summed E-state index contributed by atoms with van der Waals surface area (Å²) in [7, 11) is 2.06. The van der Waals surface area contributed by atoms with Crippen LogP contribution in [0.5, 0.6) is 0 Å². The van der Waals surface area contributed by atoms with Crippen LogP contribution in [-0.4, -0.2) is 28.4 Å². The number of nitrogens with one attached hydrogen (secondary N) is 1. The summed E-state index contributed by atoms with van der Waals surface area (Å²) in [5.41, 5.74) is 7.27. The van der Waals surface area contributed by atoms with Crippen LogP contribution in [0.2, 0.25) is 0 Å². The number of benzene rings is 4. The molecule has 0 fully saturated rings. The summed E-state index contributed by atoms with van der Waals surface area (Å²) in [6.07, 6.45) is 0. The van der Waals surface area contributed by atoms with Crippen LogP contribution in [0.4, 0.5) is 17.3 Å². The van der Waals surface area contributed by atoms with E-state index in [1.54, 1.807) is 0 Å². The highest BCUT2D eigenvalue weighted by Crippen LogP contribution is 2.38. The largest absolute Gasteiger partial charge is 0.349 e. The Morgan fingerprint density at radius 3 is 2.14 bits per heavy atom. The number of Topliss-reactive ketones (excluding diaryl/α,β-unsaturated/α-hetero) is 1. The zero-order chi connectivity index (χ0) is 24.6. The highest BCUT2D eigenvalue weighted by molar-refractivity contribution is 6.15. The summed E-state index contributed by atoms with van der Waals surface area (Å²) in [6, 6.07) is 36.0. The molecule has 0 saturated heterocycles. The Morgan fingerprint density at radius 2 is 1.42 bits per heavy atom. The number of nitrogens with zero attached hydrogens (tertiary/aromatic N) is 3. The maximum Gasteiger partial charge on any atom is 0.209 e. The predicted octanol–water partition coefficient (Wildman–Crippen LogP) is 6.76. The van der Waals surface area contributed by atoms with Gasteiger partial charge >= 0.3 is 0 Å². The van der Waals surface area contributed by atoms with Crippen molar-refractivity contribution in [2.45, 2.75) is 13.0 Å². The fourth-order valence-corrected chi connectivity index (χ4v) is 4.92. The number of ketones is 1. The highest BCUT2D eigenvalue weighted by atomic mass is 16.1. The molecular formula is C31H26N4O. The molecule has 1 aliphatic rings. The first kappa shape index (κ1) is 21.9. The quantitative estimate of drug-likeness (QED) is 0.288. The molecule has 2 heterocycles. The molecule has 0 aliphatic carbocycles. The Hall–Kier alpha value is -4.64. The molecule has 5 aromatic rings. The molecule has 1 atom stereocenters. The van der Waals surface area contributed by atoms with Crippen LogP contribution in [0, 0.1) is 0 Å². The molecule has 4 aromatic carbocycles. The number of hydrogen-bond acceptors (Lipinski definition) is 4. The monoisotopic (exact) mass is 470 g/mol. The molecule has 0 saturated carbocycles. The molecule has 0 spiro atoms. The molecule has 0 amide bonds. The minimum Gasteiger partial charge on any atom is -0.349 e. The van der Waals surface area contributed by atoms with Crippen molar-refractivity contribution in [3.8, 4) is 0 Å². The van der Waals surface area contributed by atoms with Gasteiger partial charge in [0, 0.05) is 29.6 Å². The summed E-state index contributed by atoms with van der Waals surface area (Å²) in [5, 5.41) is 3.47. The molecule has 176 valence electrons. The van der Waals surface area contributed by atoms with E-state index in [1.807, 2.05) is 79.7 Å². The molecular weight excluding hydrogens is 444 g/mol. The number of rotatable bonds is 5. The van der Waals surface area contributed by atoms with Gasteiger partial charge in [0.05, 0.1) is 22.8 Å². The Balaban J connectivity index is 1.54. The normalized spacial score (nSPS) is 14.9. The lowest BCUT2D eigenvalue weighted by Gasteiger charge is -2.29. The van der Waals surface area contributed by atoms with Gasteiger partial charge in [-0.1, -0.05) is 72.8 Å². The van der Waals surface area contributed by atoms with Crippen LogP contribution in [-0.2, 0) is 0 Å². The number of imidazole rings is 1. The molecule has 0 radical (unpaired) electrons. The van der Waals surface area contributed by atoms with E-state index in [9.17, 15) is 4.79 Å². The third-order valence-electron chi connectivity index (χ3n) is 6.77. The fourth-order valence-electron chi connectivity index (χ4n) is 4.92. The molecule has 0 unspecified atom stereocenters. The number of hydrogen-bond donors (Lipinski definition) is 1. The van der Waals surface area contributed by atoms with Crippen LogP contribution >= 0.6 is 0 Å². The first-order chi connectivity index (χ1) is 17.6. The zero-order valence-electron chi connectivity index (χ0n) is 20.2. The second kappa shape index (κ2) is 8.86. The number of aromatic nitrogens is 2. The van der Waals surface area contributed by atoms with Gasteiger partial charge in [0.15, 0.2) is 5.78 Å². The fraction of sp³-hybridized carbons (Fsp3) is 0.0968. The topological polar surface area (TPSA) is 50.2 Å². The van der Waals surface area contributed by atoms with E-state index < -0.39 is 0 Å². The molecule has 1 N–H and O–H groups in total. The van der Waals surface area contributed by atoms with Gasteiger partial charge in [-0.15, -0.1) is 0 Å². The van der Waals surface area contributed by atoms with E-state index in [1.165, 1.54) is 0 Å². The lowest BCUT2D eigenvalue weighted by atomic mass is 9.91. The van der Waals surface area contributed by atoms with E-state index in [2.05, 4.69) is 58.2 Å². The maximum atomic E-state index is 13.9. The average Bonchev–Trinajstić information content (AvgIpc) is 3.30. The predicted molar refractivity (Wildman–Crippen MR) is 147 cm³/mol. The number of fused-ring (bicyclic) bond motifs is 3. The Bertz CT molecular complexity index is 1580. The van der Waals surface area contributed by atoms with Gasteiger partial charge in [-0.25, -0.2) is 4.98 Å². The Kier molecular flexibility index (Phi) is 5.38. The van der Waals surface area contributed by atoms with Gasteiger partial charge in [-0.3, -0.25) is 9.36 Å². The van der Waals surface area contributed by atoms with Crippen molar-refractivity contribution in [1.29, 1.82) is 0 Å². The highest BCUT2D eigenvalue weighted by Gasteiger charge is 2.32. The van der Waals surface area contributed by atoms with Gasteiger partial charge in [-0.05, 0) is 48.9 Å². The standard InChI is InChI=1S/C31H26N4O/c1-21-28(30(36)23-11-5-3-6-12-23)29(35-27-16-10-9-15-26(27)33-31(35)32-21)22-17-19-25(20-18-22)34(2)24-13-7-4-8-14-24/h3-21H,1-2H3,(H,32,33)/t21-/m1/s1. The van der Waals surface area contributed by atoms with Gasteiger partial charge in [0.2, 0.25) is 5.95 Å². The van der Waals surface area contributed by atoms with Crippen molar-refractivity contribution in [2.75, 3.05) is 17.3 Å². The van der Waals surface area contributed by atoms with Gasteiger partial charge in [-0.2, -0.15) is 0 Å². The zero-order valence-corrected chi connectivity index (χ0v) is 20.2. The number of para-hydroxylation sites is 3. The van der Waals surface area contributed by atoms with E-state index >= 15 is 0 Å². The molecule has 36 heavy (non-hydrogen) atoms. The van der Waals surface area contributed by atoms with Crippen LogP contribution in [0.15, 0.2) is 115 Å². The molecule has 0 bridgehead atoms. The van der Waals surface area contributed by atoms with Crippen molar-refractivity contribution in [3.63, 3.8) is 0 Å². The van der Waals surface area contributed by atoms with Crippen LogP contribution in [0.3, 0.4) is 0 Å². The Morgan fingerprint density at radius 1 is 0.806 bits per heavy atom. The lowest BCUT2D eigenvalue weighted by Crippen LogP contribution is -2.32. The summed E-state index contributed by atoms with van der Waals surface area (Å²) in [5.74, 6) is 0.758. The second-order valence-corrected chi connectivity index (χ2v) is 9.02. The van der Waals surface area contributed by atoms with Gasteiger partial charge in [0.25, 0.3) is 0 Å². The van der Waals surface area contributed by atoms with Crippen LogP contribution in [0.1, 0.15) is 22.8 Å². The van der Waals surface area contributed by atoms with Crippen molar-refractivity contribution < 1.29 is 4.79 Å². The third kappa shape index (κ3) is 3.66. The summed E-state index contributed by atoms with van der Waals surface area (Å²) >= 11 is 0. The summed E-state index contributed by atoms with van der Waals surface area (Å²) in [4.78, 5) is 20.9. The minimum atomic E-state index is -0.205. The Labute approximate surface area is 210 Å². The van der Waals surface area contributed by atoms with Gasteiger partial charge < -0.3 is 10.2 Å². The van der Waals surface area contributed by atoms with E-state index in [-0.39, 0.29) is 11.8 Å². The number of carbonyl (C=O) groups excluding carboxylic acids is 1. The summed E-state index contributed by atoms with van der Waals surface area (Å²) < 4.78 is 2.08. The maximum absolute atomic E-state index is 13.9. The van der Waals surface area contributed by atoms with E-state index in [4.69, 9.17) is 4.98 Å². The molecule has 1 aromatic heterocycles. The molecule has 6 rings (SSSR count). The van der Waals surface area contributed by atoms with Crippen molar-refractivity contribution in [1.82, 2.24) is 9.55 Å². The molecule has 5 heteroatoms. The average molecular weight is 471 g/mol. The molecule has 5 nitrogen and oxygen atoms in total. The first-order valence-corrected chi connectivity index (χ1v) is 12.1. The minimum absolute atomic E-state index is 0.0134. The number of carbonyl (C=O) groups is 1. The third-order valence-corrected chi connectivity index (χ3v) is 6.77. The second-order valence-electron chi connectivity index (χ2n) is 9.02. The van der Waals surface area contributed by atoms with Crippen LogP contribution in [0.25, 0.3) is 16.7 Å². The van der Waals surface area contributed by atoms with E-state index in [0.717, 1.165) is 45.2 Å². The number of anilines is 3. The SMILES string of the molecule is C[C@H]1Nc2nc3ccccc3n2C(c2ccc(N(C)c3ccccc3)cc2)=C1C(=O)c1ccccc1. The lowest BCUT2D eigenvalue weighted by molar-refractivity contribution is 0.103. The van der Waals surface area contributed by atoms with Crippen molar-refractivity contribution in [2.24, 2.45) is 0 Å². The van der Waals surface area contributed by atoms with Crippen molar-refractivity contribution >= 4 is 39.8 Å². The smallest absolute Gasteiger partial charge is 0.209 e. The first-order valence-electron chi connectivity index (χ1n) is 12.1.